The van der Waals surface area contributed by atoms with Gasteiger partial charge in [-0.1, -0.05) is 84.0 Å². The minimum absolute atomic E-state index is 0.0830. The molecule has 69 heavy (non-hydrogen) atoms. The highest BCUT2D eigenvalue weighted by Gasteiger charge is 2.45. The van der Waals surface area contributed by atoms with E-state index in [1.165, 1.54) is 12.3 Å². The summed E-state index contributed by atoms with van der Waals surface area (Å²) < 4.78 is 55.2. The molecule has 7 rings (SSSR count). The monoisotopic (exact) mass is 1020 g/mol. The van der Waals surface area contributed by atoms with Crippen molar-refractivity contribution < 1.29 is 62.1 Å². The smallest absolute Gasteiger partial charge is 0.330 e. The first-order chi connectivity index (χ1) is 33.1. The number of allylic oxidation sites excluding steroid dienone is 2. The number of oxazole rings is 2. The van der Waals surface area contributed by atoms with E-state index in [0.717, 1.165) is 16.7 Å². The highest BCUT2D eigenvalue weighted by molar-refractivity contribution is 9.11. The third-order valence-corrected chi connectivity index (χ3v) is 14.2. The molecule has 4 fully saturated rings. The number of aliphatic hydroxyl groups is 3. The number of hydrogen-bond acceptors (Lipinski definition) is 15. The molecule has 4 saturated heterocycles. The van der Waals surface area contributed by atoms with Gasteiger partial charge in [0.05, 0.1) is 67.5 Å². The number of methoxy groups -OCH3 is 2. The molecule has 8 bridgehead atoms. The number of esters is 1. The number of aliphatic hydroxyl groups excluding tert-OH is 2. The largest absolute Gasteiger partial charge is 0.458 e. The Morgan fingerprint density at radius 1 is 0.986 bits per heavy atom. The fraction of sp³-hybridized carbons (Fsp3) is 0.604. The SMILES string of the molecule is C=C1CC2C/C=C\C(=O)O[C@@H]3[C@H](C)[C@H](C/C=C/c4nc(co4)[C@@H]4C[C@H](O)C[C@H](C[C@H](C1)O2)O4)O[C@H](/C(C)=C/c1coc(CC2(O)CC(OC)CC(C(O)/C=C(C)/C=C/C(C/C=C/Br)OC)O2)n1)[C@H]3C. The average Bonchev–Trinajstić information content (AvgIpc) is 3.96. The molecule has 3 N–H and O–H groups in total. The molecular weight excluding hydrogens is 952 g/mol. The van der Waals surface area contributed by atoms with Crippen molar-refractivity contribution in [1.82, 2.24) is 9.97 Å². The summed E-state index contributed by atoms with van der Waals surface area (Å²) in [4.78, 5) is 24.8. The predicted molar refractivity (Wildman–Crippen MR) is 261 cm³/mol. The Morgan fingerprint density at radius 3 is 2.57 bits per heavy atom. The zero-order chi connectivity index (χ0) is 49.2. The van der Waals surface area contributed by atoms with Gasteiger partial charge < -0.3 is 57.3 Å². The van der Waals surface area contributed by atoms with Crippen molar-refractivity contribution in [3.8, 4) is 0 Å². The summed E-state index contributed by atoms with van der Waals surface area (Å²) in [6.45, 7) is 12.2. The molecule has 0 aliphatic carbocycles. The van der Waals surface area contributed by atoms with Crippen LogP contribution < -0.4 is 0 Å². The lowest BCUT2D eigenvalue weighted by molar-refractivity contribution is -0.286. The fourth-order valence-electron chi connectivity index (χ4n) is 10.4. The number of halogens is 1. The van der Waals surface area contributed by atoms with E-state index in [9.17, 15) is 20.1 Å². The van der Waals surface area contributed by atoms with Crippen LogP contribution in [0.1, 0.15) is 121 Å². The second-order valence-corrected chi connectivity index (χ2v) is 20.0. The minimum Gasteiger partial charge on any atom is -0.458 e. The van der Waals surface area contributed by atoms with Crippen LogP contribution in [0.3, 0.4) is 0 Å². The molecule has 0 saturated carbocycles. The van der Waals surface area contributed by atoms with Crippen LogP contribution in [-0.4, -0.2) is 118 Å². The van der Waals surface area contributed by atoms with E-state index in [4.69, 9.17) is 52.0 Å². The topological polar surface area (TPSA) is 194 Å². The van der Waals surface area contributed by atoms with Crippen molar-refractivity contribution in [3.05, 3.63) is 107 Å². The average molecular weight is 1020 g/mol. The van der Waals surface area contributed by atoms with Crippen molar-refractivity contribution in [1.29, 1.82) is 0 Å². The lowest BCUT2D eigenvalue weighted by Crippen LogP contribution is -2.51. The van der Waals surface area contributed by atoms with Crippen molar-refractivity contribution in [2.24, 2.45) is 11.8 Å². The van der Waals surface area contributed by atoms with E-state index in [-0.39, 0.29) is 67.2 Å². The number of aromatic nitrogens is 2. The van der Waals surface area contributed by atoms with Gasteiger partial charge in [-0.05, 0) is 75.1 Å². The maximum absolute atomic E-state index is 13.6. The molecule has 0 radical (unpaired) electrons. The molecule has 0 amide bonds. The quantitative estimate of drug-likeness (QED) is 0.104. The second kappa shape index (κ2) is 24.5. The fourth-order valence-corrected chi connectivity index (χ4v) is 10.6. The number of hydrogen-bond donors (Lipinski definition) is 3. The van der Waals surface area contributed by atoms with Crippen LogP contribution in [0.15, 0.2) is 92.2 Å². The van der Waals surface area contributed by atoms with Gasteiger partial charge in [0.2, 0.25) is 5.89 Å². The molecule has 5 aliphatic heterocycles. The van der Waals surface area contributed by atoms with Gasteiger partial charge in [-0.3, -0.25) is 0 Å². The van der Waals surface area contributed by atoms with Crippen molar-refractivity contribution >= 4 is 34.1 Å². The normalized spacial score (nSPS) is 36.1. The van der Waals surface area contributed by atoms with Gasteiger partial charge in [0.25, 0.3) is 0 Å². The highest BCUT2D eigenvalue weighted by Crippen LogP contribution is 2.40. The Kier molecular flexibility index (Phi) is 18.9. The summed E-state index contributed by atoms with van der Waals surface area (Å²) in [5, 5.41) is 33.9. The Labute approximate surface area is 414 Å². The third-order valence-electron chi connectivity index (χ3n) is 13.9. The third kappa shape index (κ3) is 14.6. The number of nitrogens with zero attached hydrogens (tertiary/aromatic N) is 2. The number of carbonyl (C=O) groups excluding carboxylic acids is 1. The van der Waals surface area contributed by atoms with Crippen LogP contribution in [0.5, 0.6) is 0 Å². The van der Waals surface area contributed by atoms with Crippen LogP contribution in [0.25, 0.3) is 12.2 Å². The maximum atomic E-state index is 13.6. The van der Waals surface area contributed by atoms with Gasteiger partial charge in [0, 0.05) is 57.8 Å². The van der Waals surface area contributed by atoms with E-state index >= 15 is 0 Å². The number of ether oxygens (including phenoxy) is 7. The molecule has 15 atom stereocenters. The highest BCUT2D eigenvalue weighted by atomic mass is 79.9. The van der Waals surface area contributed by atoms with E-state index in [1.807, 2.05) is 64.2 Å². The lowest BCUT2D eigenvalue weighted by Gasteiger charge is -2.44. The van der Waals surface area contributed by atoms with Crippen molar-refractivity contribution in [2.45, 2.75) is 177 Å². The Bertz CT molecular complexity index is 2210. The summed E-state index contributed by atoms with van der Waals surface area (Å²) in [5.41, 5.74) is 3.86. The number of rotatable bonds is 12. The summed E-state index contributed by atoms with van der Waals surface area (Å²) in [6.07, 6.45) is 19.5. The first kappa shape index (κ1) is 53.0. The molecule has 5 aliphatic rings. The van der Waals surface area contributed by atoms with E-state index < -0.39 is 48.4 Å². The van der Waals surface area contributed by atoms with Gasteiger partial charge in [0.1, 0.15) is 36.1 Å². The minimum atomic E-state index is -1.73. The molecular formula is C53H71BrN2O13. The van der Waals surface area contributed by atoms with Crippen molar-refractivity contribution in [3.63, 3.8) is 0 Å². The van der Waals surface area contributed by atoms with Crippen LogP contribution >= 0.6 is 15.9 Å². The van der Waals surface area contributed by atoms with E-state index in [1.54, 1.807) is 37.6 Å². The van der Waals surface area contributed by atoms with Gasteiger partial charge in [-0.25, -0.2) is 14.8 Å². The van der Waals surface area contributed by atoms with Gasteiger partial charge >= 0.3 is 5.97 Å². The zero-order valence-electron chi connectivity index (χ0n) is 40.7. The van der Waals surface area contributed by atoms with E-state index in [2.05, 4.69) is 22.5 Å². The molecule has 2 aromatic heterocycles. The summed E-state index contributed by atoms with van der Waals surface area (Å²) in [7, 11) is 3.22. The van der Waals surface area contributed by atoms with Crippen LogP contribution in [0.4, 0.5) is 0 Å². The maximum Gasteiger partial charge on any atom is 0.330 e. The number of carbonyl (C=O) groups is 1. The molecule has 2 aromatic rings. The first-order valence-electron chi connectivity index (χ1n) is 24.3. The first-order valence-corrected chi connectivity index (χ1v) is 25.2. The Balaban J connectivity index is 1.06. The summed E-state index contributed by atoms with van der Waals surface area (Å²) in [6, 6.07) is 0. The van der Waals surface area contributed by atoms with Gasteiger partial charge in [0.15, 0.2) is 11.7 Å². The molecule has 378 valence electrons. The van der Waals surface area contributed by atoms with Gasteiger partial charge in [-0.2, -0.15) is 0 Å². The number of fused-ring (bicyclic) bond motifs is 9. The summed E-state index contributed by atoms with van der Waals surface area (Å²) >= 11 is 3.28. The molecule has 7 heterocycles. The van der Waals surface area contributed by atoms with Crippen molar-refractivity contribution in [2.75, 3.05) is 14.2 Å². The zero-order valence-corrected chi connectivity index (χ0v) is 42.3. The van der Waals surface area contributed by atoms with Gasteiger partial charge in [-0.15, -0.1) is 0 Å². The van der Waals surface area contributed by atoms with Crippen LogP contribution in [-0.2, 0) is 44.4 Å². The molecule has 0 spiro atoms. The molecule has 16 heteroatoms. The Hall–Kier alpha value is -3.81. The predicted octanol–water partition coefficient (Wildman–Crippen LogP) is 8.76. The Morgan fingerprint density at radius 2 is 1.78 bits per heavy atom. The van der Waals surface area contributed by atoms with Crippen LogP contribution in [0, 0.1) is 11.8 Å². The molecule has 0 aromatic carbocycles. The standard InChI is InChI=1S/C53H71BrN2O13/c1-31(16-17-38(61-6)12-10-18-54)21-44(58)47-26-42(62-7)27-53(60,69-47)28-49-55-36(29-63-49)22-33(3)51-35(5)52-34(4)45(67-51)13-9-14-48-56-43(30-64-48)46-24-37(57)23-41(66-46)25-40-20-32(2)19-39(65-40)11-8-15-50(59)68-52/h8-10,14-18,21-22,29-30,34-35,37-42,44-47,51-52,57-58,60H,2,11-13,19-20,23-28H2,1,3-7H3/b14-9+,15-8-,17-16+,18-10+,31-21+,33-22+/t34-,35-,37-,38?,39?,40+,41-,42?,44?,45+,46+,47?,51-,52-,53?/m1/s1. The summed E-state index contributed by atoms with van der Waals surface area (Å²) in [5.74, 6) is -1.95. The second-order valence-electron chi connectivity index (χ2n) is 19.5. The molecule has 15 nitrogen and oxygen atoms in total. The lowest BCUT2D eigenvalue weighted by atomic mass is 9.79. The van der Waals surface area contributed by atoms with Crippen LogP contribution in [0.2, 0.25) is 0 Å². The molecule has 6 unspecified atom stereocenters. The van der Waals surface area contributed by atoms with E-state index in [0.29, 0.717) is 75.1 Å².